The zero-order valence-electron chi connectivity index (χ0n) is 26.3. The van der Waals surface area contributed by atoms with Gasteiger partial charge in [-0.05, 0) is 80.2 Å². The quantitative estimate of drug-likeness (QED) is 0.176. The first kappa shape index (κ1) is 34.8. The lowest BCUT2D eigenvalue weighted by Gasteiger charge is -2.37. The lowest BCUT2D eigenvalue weighted by molar-refractivity contribution is -0.179. The van der Waals surface area contributed by atoms with Crippen LogP contribution in [-0.4, -0.2) is 51.9 Å². The van der Waals surface area contributed by atoms with Crippen LogP contribution >= 0.6 is 0 Å². The Morgan fingerprint density at radius 2 is 1.44 bits per heavy atom. The van der Waals surface area contributed by atoms with E-state index in [1.807, 2.05) is 0 Å². The van der Waals surface area contributed by atoms with E-state index in [0.29, 0.717) is 17.8 Å². The molecule has 0 amide bonds. The standard InChI is InChI=1S/C34H44O9S2/c1-23(2)28-20-19-24(3)21-31(28)42-32-22-29(34(36)43-32)30(41-25(4)35)17-11-12-18-33(44(37,38)26-13-7-5-8-14-26)45(39,40)27-15-9-6-10-16-27/h5-10,13-16,22-24,28,30-33H,11-12,17-21H2,1-4H3/t24-,28+,30-,31-,32-/m1/s1. The highest BCUT2D eigenvalue weighted by Gasteiger charge is 2.41. The topological polar surface area (TPSA) is 130 Å². The van der Waals surface area contributed by atoms with Crippen LogP contribution in [-0.2, 0) is 43.5 Å². The number of hydrogen-bond donors (Lipinski definition) is 0. The van der Waals surface area contributed by atoms with Gasteiger partial charge in [-0.1, -0.05) is 70.0 Å². The molecule has 0 unspecified atom stereocenters. The summed E-state index contributed by atoms with van der Waals surface area (Å²) in [6.45, 7) is 7.76. The molecule has 5 atom stereocenters. The smallest absolute Gasteiger partial charge is 0.340 e. The van der Waals surface area contributed by atoms with Crippen LogP contribution in [0.15, 0.2) is 82.1 Å². The van der Waals surface area contributed by atoms with Gasteiger partial charge in [0.25, 0.3) is 0 Å². The normalized spacial score (nSPS) is 23.1. The van der Waals surface area contributed by atoms with Crippen molar-refractivity contribution in [2.45, 2.75) is 106 Å². The zero-order chi connectivity index (χ0) is 32.8. The molecule has 1 heterocycles. The van der Waals surface area contributed by atoms with Gasteiger partial charge >= 0.3 is 11.9 Å². The summed E-state index contributed by atoms with van der Waals surface area (Å²) in [6.07, 6.45) is 3.15. The number of carbonyl (C=O) groups excluding carboxylic acids is 2. The van der Waals surface area contributed by atoms with Crippen molar-refractivity contribution in [2.75, 3.05) is 0 Å². The van der Waals surface area contributed by atoms with Crippen LogP contribution in [0.5, 0.6) is 0 Å². The third kappa shape index (κ3) is 8.62. The van der Waals surface area contributed by atoms with E-state index in [-0.39, 0.29) is 47.2 Å². The molecule has 246 valence electrons. The Hall–Kier alpha value is -3.02. The Balaban J connectivity index is 1.48. The molecule has 1 aliphatic heterocycles. The summed E-state index contributed by atoms with van der Waals surface area (Å²) in [5, 5.41) is 0. The molecular weight excluding hydrogens is 616 g/mol. The van der Waals surface area contributed by atoms with Crippen molar-refractivity contribution in [3.63, 3.8) is 0 Å². The van der Waals surface area contributed by atoms with Crippen LogP contribution in [0.3, 0.4) is 0 Å². The fourth-order valence-corrected chi connectivity index (χ4v) is 10.9. The Kier molecular flexibility index (Phi) is 11.7. The highest BCUT2D eigenvalue weighted by atomic mass is 32.3. The fourth-order valence-electron chi connectivity index (χ4n) is 6.29. The second kappa shape index (κ2) is 15.0. The SMILES string of the molecule is CC(=O)O[C@H](CCCCC(S(=O)(=O)c1ccccc1)S(=O)(=O)c1ccccc1)C1=C[C@H](O[C@@H]2C[C@H](C)CC[C@H]2C(C)C)OC1=O. The summed E-state index contributed by atoms with van der Waals surface area (Å²) >= 11 is 0. The van der Waals surface area contributed by atoms with Crippen LogP contribution in [0.4, 0.5) is 0 Å². The fraction of sp³-hybridized carbons (Fsp3) is 0.529. The molecule has 0 saturated heterocycles. The maximum absolute atomic E-state index is 13.6. The Morgan fingerprint density at radius 1 is 0.889 bits per heavy atom. The molecule has 9 nitrogen and oxygen atoms in total. The van der Waals surface area contributed by atoms with Gasteiger partial charge in [0.2, 0.25) is 6.29 Å². The number of hydrogen-bond acceptors (Lipinski definition) is 9. The first-order valence-corrected chi connectivity index (χ1v) is 18.7. The minimum absolute atomic E-state index is 0.0654. The van der Waals surface area contributed by atoms with E-state index in [4.69, 9.17) is 14.2 Å². The second-order valence-electron chi connectivity index (χ2n) is 12.4. The monoisotopic (exact) mass is 660 g/mol. The number of carbonyl (C=O) groups is 2. The average Bonchev–Trinajstić information content (AvgIpc) is 3.36. The number of benzene rings is 2. The van der Waals surface area contributed by atoms with Crippen molar-refractivity contribution in [1.82, 2.24) is 0 Å². The molecule has 1 aliphatic carbocycles. The Morgan fingerprint density at radius 3 is 1.98 bits per heavy atom. The van der Waals surface area contributed by atoms with Crippen LogP contribution in [0.1, 0.15) is 72.6 Å². The third-order valence-electron chi connectivity index (χ3n) is 8.69. The van der Waals surface area contributed by atoms with E-state index in [2.05, 4.69) is 20.8 Å². The molecule has 11 heteroatoms. The van der Waals surface area contributed by atoms with E-state index < -0.39 is 48.6 Å². The lowest BCUT2D eigenvalue weighted by Crippen LogP contribution is -2.36. The minimum atomic E-state index is -4.26. The maximum Gasteiger partial charge on any atom is 0.340 e. The van der Waals surface area contributed by atoms with Gasteiger partial charge in [-0.2, -0.15) is 0 Å². The predicted molar refractivity (Wildman–Crippen MR) is 169 cm³/mol. The lowest BCUT2D eigenvalue weighted by atomic mass is 9.75. The van der Waals surface area contributed by atoms with Gasteiger partial charge in [-0.15, -0.1) is 0 Å². The number of rotatable bonds is 14. The van der Waals surface area contributed by atoms with Crippen molar-refractivity contribution in [3.05, 3.63) is 72.3 Å². The Bertz CT molecular complexity index is 1480. The summed E-state index contributed by atoms with van der Waals surface area (Å²) in [5.74, 6) is 0.0354. The van der Waals surface area contributed by atoms with E-state index in [1.54, 1.807) is 42.5 Å². The van der Waals surface area contributed by atoms with Crippen molar-refractivity contribution >= 4 is 31.6 Å². The minimum Gasteiger partial charge on any atom is -0.457 e. The van der Waals surface area contributed by atoms with Crippen LogP contribution in [0, 0.1) is 17.8 Å². The molecule has 0 bridgehead atoms. The van der Waals surface area contributed by atoms with E-state index in [0.717, 1.165) is 19.3 Å². The molecule has 1 fully saturated rings. The number of ether oxygens (including phenoxy) is 3. The molecule has 2 aromatic carbocycles. The van der Waals surface area contributed by atoms with Crippen LogP contribution < -0.4 is 0 Å². The average molecular weight is 661 g/mol. The molecule has 0 aromatic heterocycles. The van der Waals surface area contributed by atoms with E-state index in [9.17, 15) is 26.4 Å². The predicted octanol–water partition coefficient (Wildman–Crippen LogP) is 6.04. The molecule has 1 saturated carbocycles. The molecule has 2 aliphatic rings. The molecule has 0 radical (unpaired) electrons. The maximum atomic E-state index is 13.6. The second-order valence-corrected chi connectivity index (χ2v) is 17.0. The molecule has 0 N–H and O–H groups in total. The molecular formula is C34H44O9S2. The largest absolute Gasteiger partial charge is 0.457 e. The summed E-state index contributed by atoms with van der Waals surface area (Å²) < 4.78 is 70.1. The summed E-state index contributed by atoms with van der Waals surface area (Å²) in [5.41, 5.74) is 0.172. The van der Waals surface area contributed by atoms with Gasteiger partial charge in [0.15, 0.2) is 24.3 Å². The van der Waals surface area contributed by atoms with E-state index in [1.165, 1.54) is 31.2 Å². The Labute approximate surface area is 267 Å². The molecule has 4 rings (SSSR count). The molecule has 2 aromatic rings. The number of sulfone groups is 2. The third-order valence-corrected chi connectivity index (χ3v) is 13.9. The highest BCUT2D eigenvalue weighted by molar-refractivity contribution is 8.09. The van der Waals surface area contributed by atoms with Crippen molar-refractivity contribution in [2.24, 2.45) is 17.8 Å². The van der Waals surface area contributed by atoms with Gasteiger partial charge in [-0.3, -0.25) is 4.79 Å². The van der Waals surface area contributed by atoms with E-state index >= 15 is 0 Å². The van der Waals surface area contributed by atoms with Crippen molar-refractivity contribution < 1.29 is 40.6 Å². The van der Waals surface area contributed by atoms with Crippen LogP contribution in [0.2, 0.25) is 0 Å². The van der Waals surface area contributed by atoms with Gasteiger partial charge in [0.1, 0.15) is 6.10 Å². The van der Waals surface area contributed by atoms with Gasteiger partial charge in [0, 0.05) is 6.92 Å². The zero-order valence-corrected chi connectivity index (χ0v) is 28.0. The van der Waals surface area contributed by atoms with Gasteiger partial charge < -0.3 is 14.2 Å². The highest BCUT2D eigenvalue weighted by Crippen LogP contribution is 2.37. The summed E-state index contributed by atoms with van der Waals surface area (Å²) in [4.78, 5) is 24.8. The summed E-state index contributed by atoms with van der Waals surface area (Å²) in [6, 6.07) is 15.0. The number of unbranched alkanes of at least 4 members (excludes halogenated alkanes) is 1. The van der Waals surface area contributed by atoms with Crippen molar-refractivity contribution in [3.8, 4) is 0 Å². The number of cyclic esters (lactones) is 1. The molecule has 0 spiro atoms. The molecule has 45 heavy (non-hydrogen) atoms. The van der Waals surface area contributed by atoms with Crippen molar-refractivity contribution in [1.29, 1.82) is 0 Å². The van der Waals surface area contributed by atoms with Gasteiger partial charge in [0.05, 0.1) is 21.5 Å². The number of esters is 2. The first-order valence-electron chi connectivity index (χ1n) is 15.6. The first-order chi connectivity index (χ1) is 21.3. The van der Waals surface area contributed by atoms with Crippen LogP contribution in [0.25, 0.3) is 0 Å². The summed E-state index contributed by atoms with van der Waals surface area (Å²) in [7, 11) is -8.53. The van der Waals surface area contributed by atoms with Gasteiger partial charge in [-0.25, -0.2) is 21.6 Å².